The van der Waals surface area contributed by atoms with E-state index in [0.29, 0.717) is 11.2 Å². The summed E-state index contributed by atoms with van der Waals surface area (Å²) in [5.41, 5.74) is 3.04. The van der Waals surface area contributed by atoms with E-state index in [0.717, 1.165) is 66.3 Å². The fourth-order valence-electron chi connectivity index (χ4n) is 9.94. The van der Waals surface area contributed by atoms with Gasteiger partial charge in [0.25, 0.3) is 0 Å². The van der Waals surface area contributed by atoms with E-state index >= 15 is 0 Å². The van der Waals surface area contributed by atoms with Crippen LogP contribution < -0.4 is 4.74 Å². The quantitative estimate of drug-likeness (QED) is 0.181. The fourth-order valence-corrected chi connectivity index (χ4v) is 9.94. The van der Waals surface area contributed by atoms with Gasteiger partial charge < -0.3 is 14.6 Å². The van der Waals surface area contributed by atoms with Crippen molar-refractivity contribution in [1.82, 2.24) is 0 Å². The summed E-state index contributed by atoms with van der Waals surface area (Å²) in [6, 6.07) is 5.10. The van der Waals surface area contributed by atoms with Crippen LogP contribution in [0.4, 0.5) is 0 Å². The van der Waals surface area contributed by atoms with Gasteiger partial charge in [-0.15, -0.1) is 0 Å². The maximum Gasteiger partial charge on any atom is 0.331 e. The van der Waals surface area contributed by atoms with Gasteiger partial charge in [-0.2, -0.15) is 0 Å². The molecule has 4 aliphatic rings. The standard InChI is InChI=1S/C38H56O4/c1-24(2)25(3)8-9-26(4)31-14-15-32-30-13-12-28-23-29(18-20-37(28,5)33(30)19-21-38(31,32)6)42-36(40)17-11-27-10-16-35(41-7)34(39)22-27/h10-12,16-17,22,24-26,29-33,39H,8-9,13-15,18-21,23H2,1-7H3/b17-11+/t25-,26-,29+,30+,31-,32+,33+,37+,38-/m1/s1. The highest BCUT2D eigenvalue weighted by Gasteiger charge is 2.59. The Balaban J connectivity index is 1.20. The molecule has 42 heavy (non-hydrogen) atoms. The number of phenolic OH excluding ortho intramolecular Hbond substituents is 1. The number of fused-ring (bicyclic) bond motifs is 5. The molecular formula is C38H56O4. The average Bonchev–Trinajstić information content (AvgIpc) is 3.32. The summed E-state index contributed by atoms with van der Waals surface area (Å²) in [6.07, 6.45) is 18.2. The molecule has 3 fully saturated rings. The number of ether oxygens (including phenoxy) is 2. The van der Waals surface area contributed by atoms with Gasteiger partial charge in [0.15, 0.2) is 11.5 Å². The molecule has 0 spiro atoms. The highest BCUT2D eigenvalue weighted by molar-refractivity contribution is 5.87. The summed E-state index contributed by atoms with van der Waals surface area (Å²) in [7, 11) is 1.52. The van der Waals surface area contributed by atoms with Crippen LogP contribution in [0.2, 0.25) is 0 Å². The number of hydrogen-bond acceptors (Lipinski definition) is 4. The van der Waals surface area contributed by atoms with Crippen LogP contribution in [-0.4, -0.2) is 24.3 Å². The molecule has 4 nitrogen and oxygen atoms in total. The third kappa shape index (κ3) is 5.93. The summed E-state index contributed by atoms with van der Waals surface area (Å²) >= 11 is 0. The second-order valence-corrected chi connectivity index (χ2v) is 15.3. The molecule has 1 aromatic carbocycles. The fraction of sp³-hybridized carbons (Fsp3) is 0.711. The lowest BCUT2D eigenvalue weighted by Gasteiger charge is -2.58. The molecule has 0 aliphatic heterocycles. The lowest BCUT2D eigenvalue weighted by Crippen LogP contribution is -2.51. The van der Waals surface area contributed by atoms with E-state index in [2.05, 4.69) is 47.6 Å². The van der Waals surface area contributed by atoms with Gasteiger partial charge in [-0.05, 0) is 121 Å². The number of hydrogen-bond donors (Lipinski definition) is 1. The Morgan fingerprint density at radius 2 is 1.83 bits per heavy atom. The van der Waals surface area contributed by atoms with Gasteiger partial charge in [-0.1, -0.05) is 72.1 Å². The maximum atomic E-state index is 12.7. The largest absolute Gasteiger partial charge is 0.504 e. The van der Waals surface area contributed by atoms with Crippen molar-refractivity contribution in [2.45, 2.75) is 112 Å². The van der Waals surface area contributed by atoms with Gasteiger partial charge in [0.1, 0.15) is 6.10 Å². The molecule has 9 atom stereocenters. The van der Waals surface area contributed by atoms with Crippen molar-refractivity contribution in [2.75, 3.05) is 7.11 Å². The minimum atomic E-state index is -0.310. The number of allylic oxidation sites excluding steroid dienone is 1. The van der Waals surface area contributed by atoms with E-state index in [-0.39, 0.29) is 23.2 Å². The van der Waals surface area contributed by atoms with E-state index < -0.39 is 0 Å². The number of aromatic hydroxyl groups is 1. The number of esters is 1. The summed E-state index contributed by atoms with van der Waals surface area (Å²) in [5, 5.41) is 10.0. The number of phenols is 1. The number of carbonyl (C=O) groups excluding carboxylic acids is 1. The maximum absolute atomic E-state index is 12.7. The Bertz CT molecular complexity index is 1180. The second kappa shape index (κ2) is 12.4. The molecule has 0 aromatic heterocycles. The zero-order chi connectivity index (χ0) is 30.2. The predicted octanol–water partition coefficient (Wildman–Crippen LogP) is 9.61. The van der Waals surface area contributed by atoms with E-state index in [9.17, 15) is 9.90 Å². The Kier molecular flexibility index (Phi) is 9.22. The molecule has 4 heteroatoms. The van der Waals surface area contributed by atoms with Crippen molar-refractivity contribution in [3.8, 4) is 11.5 Å². The molecule has 1 N–H and O–H groups in total. The second-order valence-electron chi connectivity index (χ2n) is 15.3. The lowest BCUT2D eigenvalue weighted by atomic mass is 9.47. The van der Waals surface area contributed by atoms with Gasteiger partial charge in [-0.3, -0.25) is 0 Å². The highest BCUT2D eigenvalue weighted by atomic mass is 16.5. The summed E-state index contributed by atoms with van der Waals surface area (Å²) < 4.78 is 11.0. The minimum absolute atomic E-state index is 0.0545. The summed E-state index contributed by atoms with van der Waals surface area (Å²) in [4.78, 5) is 12.7. The van der Waals surface area contributed by atoms with Crippen LogP contribution in [0.25, 0.3) is 6.08 Å². The molecule has 0 heterocycles. The molecule has 0 amide bonds. The average molecular weight is 577 g/mol. The molecule has 0 bridgehead atoms. The molecule has 3 saturated carbocycles. The number of rotatable bonds is 9. The first kappa shape index (κ1) is 31.2. The van der Waals surface area contributed by atoms with Gasteiger partial charge in [-0.25, -0.2) is 4.79 Å². The van der Waals surface area contributed by atoms with Crippen molar-refractivity contribution < 1.29 is 19.4 Å². The molecule has 1 aromatic rings. The first-order chi connectivity index (χ1) is 20.0. The van der Waals surface area contributed by atoms with Crippen LogP contribution >= 0.6 is 0 Å². The van der Waals surface area contributed by atoms with Crippen molar-refractivity contribution in [1.29, 1.82) is 0 Å². The first-order valence-corrected chi connectivity index (χ1v) is 16.9. The normalized spacial score (nSPS) is 35.6. The van der Waals surface area contributed by atoms with E-state index in [1.54, 1.807) is 23.8 Å². The number of carbonyl (C=O) groups is 1. The topological polar surface area (TPSA) is 55.8 Å². The Hall–Kier alpha value is -2.23. The van der Waals surface area contributed by atoms with E-state index in [1.807, 2.05) is 6.07 Å². The van der Waals surface area contributed by atoms with Crippen LogP contribution in [0.15, 0.2) is 35.9 Å². The third-order valence-electron chi connectivity index (χ3n) is 12.9. The Morgan fingerprint density at radius 1 is 1.05 bits per heavy atom. The summed E-state index contributed by atoms with van der Waals surface area (Å²) in [6.45, 7) is 15.0. The van der Waals surface area contributed by atoms with Crippen LogP contribution in [0.3, 0.4) is 0 Å². The minimum Gasteiger partial charge on any atom is -0.504 e. The zero-order valence-corrected chi connectivity index (χ0v) is 27.3. The van der Waals surface area contributed by atoms with Crippen LogP contribution in [0.5, 0.6) is 11.5 Å². The molecule has 5 rings (SSSR count). The van der Waals surface area contributed by atoms with Crippen molar-refractivity contribution in [3.05, 3.63) is 41.5 Å². The Morgan fingerprint density at radius 3 is 2.55 bits per heavy atom. The number of benzene rings is 1. The lowest BCUT2D eigenvalue weighted by molar-refractivity contribution is -0.145. The zero-order valence-electron chi connectivity index (χ0n) is 27.3. The monoisotopic (exact) mass is 576 g/mol. The van der Waals surface area contributed by atoms with E-state index in [4.69, 9.17) is 9.47 Å². The van der Waals surface area contributed by atoms with Gasteiger partial charge in [0.2, 0.25) is 0 Å². The first-order valence-electron chi connectivity index (χ1n) is 16.9. The molecule has 232 valence electrons. The molecular weight excluding hydrogens is 520 g/mol. The van der Waals surface area contributed by atoms with Crippen LogP contribution in [0, 0.1) is 52.3 Å². The molecule has 0 unspecified atom stereocenters. The third-order valence-corrected chi connectivity index (χ3v) is 12.9. The molecule has 0 saturated heterocycles. The van der Waals surface area contributed by atoms with Crippen molar-refractivity contribution in [2.24, 2.45) is 52.3 Å². The SMILES string of the molecule is COc1ccc(/C=C/C(=O)O[C@H]2CC[C@@]3(C)C(=CC[C@H]4[C@@H]5CC[C@H]([C@H](C)CC[C@@H](C)C(C)C)[C@@]5(C)CC[C@@H]43)C2)cc1O. The van der Waals surface area contributed by atoms with Crippen LogP contribution in [-0.2, 0) is 9.53 Å². The van der Waals surface area contributed by atoms with E-state index in [1.165, 1.54) is 58.1 Å². The predicted molar refractivity (Wildman–Crippen MR) is 171 cm³/mol. The highest BCUT2D eigenvalue weighted by Crippen LogP contribution is 2.67. The summed E-state index contributed by atoms with van der Waals surface area (Å²) in [5.74, 6) is 5.93. The smallest absolute Gasteiger partial charge is 0.331 e. The Labute approximate surface area is 255 Å². The van der Waals surface area contributed by atoms with Crippen LogP contribution in [0.1, 0.15) is 111 Å². The van der Waals surface area contributed by atoms with Crippen molar-refractivity contribution >= 4 is 12.0 Å². The van der Waals surface area contributed by atoms with Gasteiger partial charge in [0, 0.05) is 12.5 Å². The van der Waals surface area contributed by atoms with Gasteiger partial charge >= 0.3 is 5.97 Å². The number of methoxy groups -OCH3 is 1. The van der Waals surface area contributed by atoms with Crippen molar-refractivity contribution in [3.63, 3.8) is 0 Å². The molecule has 4 aliphatic carbocycles. The van der Waals surface area contributed by atoms with Gasteiger partial charge in [0.05, 0.1) is 7.11 Å². The molecule has 0 radical (unpaired) electrons.